The Kier molecular flexibility index (Phi) is 3.42. The summed E-state index contributed by atoms with van der Waals surface area (Å²) in [5.41, 5.74) is 6.00. The quantitative estimate of drug-likeness (QED) is 0.767. The molecular formula is C13H10N3O3-. The minimum Gasteiger partial charge on any atom is -0.545 e. The fraction of sp³-hybridized carbons (Fsp3) is 0. The van der Waals surface area contributed by atoms with Crippen LogP contribution in [-0.4, -0.2) is 16.9 Å². The van der Waals surface area contributed by atoms with Crippen molar-refractivity contribution >= 4 is 23.3 Å². The summed E-state index contributed by atoms with van der Waals surface area (Å²) in [4.78, 5) is 26.8. The number of aromatic carboxylic acids is 1. The molecule has 1 aromatic heterocycles. The van der Waals surface area contributed by atoms with E-state index in [2.05, 4.69) is 10.3 Å². The summed E-state index contributed by atoms with van der Waals surface area (Å²) in [5, 5.41) is 13.5. The van der Waals surface area contributed by atoms with Gasteiger partial charge in [0.15, 0.2) is 0 Å². The number of hydrogen-bond donors (Lipinski definition) is 2. The topological polar surface area (TPSA) is 108 Å². The molecule has 0 atom stereocenters. The van der Waals surface area contributed by atoms with Crippen molar-refractivity contribution in [3.05, 3.63) is 53.9 Å². The van der Waals surface area contributed by atoms with Gasteiger partial charge in [-0.15, -0.1) is 0 Å². The summed E-state index contributed by atoms with van der Waals surface area (Å²) in [6.07, 6.45) is 3.02. The Morgan fingerprint density at radius 1 is 1.11 bits per heavy atom. The van der Waals surface area contributed by atoms with E-state index in [9.17, 15) is 14.7 Å². The molecule has 0 aliphatic carbocycles. The van der Waals surface area contributed by atoms with E-state index in [-0.39, 0.29) is 16.8 Å². The minimum atomic E-state index is -1.45. The molecule has 1 heterocycles. The molecule has 1 aromatic carbocycles. The molecule has 0 unspecified atom stereocenters. The highest BCUT2D eigenvalue weighted by Gasteiger charge is 2.12. The van der Waals surface area contributed by atoms with Crippen LogP contribution in [0, 0.1) is 0 Å². The molecule has 0 fully saturated rings. The van der Waals surface area contributed by atoms with Gasteiger partial charge in [-0.25, -0.2) is 0 Å². The van der Waals surface area contributed by atoms with Gasteiger partial charge in [0.05, 0.1) is 5.97 Å². The van der Waals surface area contributed by atoms with Gasteiger partial charge in [0.25, 0.3) is 5.91 Å². The van der Waals surface area contributed by atoms with Crippen LogP contribution in [0.1, 0.15) is 20.7 Å². The molecule has 3 N–H and O–H groups in total. The molecule has 19 heavy (non-hydrogen) atoms. The van der Waals surface area contributed by atoms with Crippen LogP contribution >= 0.6 is 0 Å². The van der Waals surface area contributed by atoms with E-state index in [0.717, 1.165) is 0 Å². The van der Waals surface area contributed by atoms with E-state index in [1.165, 1.54) is 30.6 Å². The van der Waals surface area contributed by atoms with Gasteiger partial charge in [-0.3, -0.25) is 9.78 Å². The predicted octanol–water partition coefficient (Wildman–Crippen LogP) is 0.280. The number of nitrogens with two attached hydrogens (primary N) is 1. The summed E-state index contributed by atoms with van der Waals surface area (Å²) in [6, 6.07) is 7.17. The number of aromatic nitrogens is 1. The first kappa shape index (κ1) is 12.6. The van der Waals surface area contributed by atoms with Crippen molar-refractivity contribution in [3.63, 3.8) is 0 Å². The van der Waals surface area contributed by atoms with Gasteiger partial charge in [-0.05, 0) is 30.3 Å². The Morgan fingerprint density at radius 2 is 1.79 bits per heavy atom. The van der Waals surface area contributed by atoms with E-state index in [1.54, 1.807) is 12.1 Å². The Hall–Kier alpha value is -2.89. The van der Waals surface area contributed by atoms with Crippen molar-refractivity contribution < 1.29 is 14.7 Å². The Bertz CT molecular complexity index is 626. The molecule has 1 amide bonds. The highest BCUT2D eigenvalue weighted by molar-refractivity contribution is 6.10. The molecular weight excluding hydrogens is 246 g/mol. The van der Waals surface area contributed by atoms with Gasteiger partial charge < -0.3 is 21.0 Å². The number of carbonyl (C=O) groups excluding carboxylic acids is 2. The molecule has 2 rings (SSSR count). The monoisotopic (exact) mass is 256 g/mol. The minimum absolute atomic E-state index is 0.00832. The maximum absolute atomic E-state index is 12.0. The standard InChI is InChI=1S/C13H11N3O3/c14-8-1-2-10(11(7-8)13(18)19)12(17)16-9-3-5-15-6-4-9/h1-7H,14H2,(H,18,19)(H,15,16,17)/p-1. The maximum atomic E-state index is 12.0. The third kappa shape index (κ3) is 2.86. The summed E-state index contributed by atoms with van der Waals surface area (Å²) in [6.45, 7) is 0. The number of pyridine rings is 1. The molecule has 0 radical (unpaired) electrons. The molecule has 0 bridgehead atoms. The number of anilines is 2. The number of hydrogen-bond acceptors (Lipinski definition) is 5. The van der Waals surface area contributed by atoms with Crippen molar-refractivity contribution in [2.75, 3.05) is 11.1 Å². The van der Waals surface area contributed by atoms with E-state index < -0.39 is 11.9 Å². The van der Waals surface area contributed by atoms with Crippen molar-refractivity contribution in [2.24, 2.45) is 0 Å². The largest absolute Gasteiger partial charge is 0.545 e. The van der Waals surface area contributed by atoms with Gasteiger partial charge in [0.2, 0.25) is 0 Å². The average Bonchev–Trinajstić information content (AvgIpc) is 2.39. The molecule has 6 nitrogen and oxygen atoms in total. The lowest BCUT2D eigenvalue weighted by Gasteiger charge is -2.11. The van der Waals surface area contributed by atoms with Crippen molar-refractivity contribution in [1.82, 2.24) is 4.98 Å². The summed E-state index contributed by atoms with van der Waals surface area (Å²) < 4.78 is 0. The first-order valence-corrected chi connectivity index (χ1v) is 5.40. The van der Waals surface area contributed by atoms with Crippen molar-refractivity contribution in [1.29, 1.82) is 0 Å². The zero-order chi connectivity index (χ0) is 13.8. The normalized spacial score (nSPS) is 9.89. The SMILES string of the molecule is Nc1ccc(C(=O)Nc2ccncc2)c(C(=O)[O-])c1. The lowest BCUT2D eigenvalue weighted by molar-refractivity contribution is -0.255. The molecule has 6 heteroatoms. The van der Waals surface area contributed by atoms with Gasteiger partial charge in [0.1, 0.15) is 0 Å². The van der Waals surface area contributed by atoms with Crippen LogP contribution < -0.4 is 16.2 Å². The Morgan fingerprint density at radius 3 is 2.42 bits per heavy atom. The van der Waals surface area contributed by atoms with Crippen LogP contribution in [0.15, 0.2) is 42.7 Å². The van der Waals surface area contributed by atoms with Crippen LogP contribution in [0.4, 0.5) is 11.4 Å². The zero-order valence-electron chi connectivity index (χ0n) is 9.79. The fourth-order valence-corrected chi connectivity index (χ4v) is 1.56. The summed E-state index contributed by atoms with van der Waals surface area (Å²) >= 11 is 0. The van der Waals surface area contributed by atoms with E-state index >= 15 is 0 Å². The number of carboxylic acid groups (broad SMARTS) is 1. The van der Waals surface area contributed by atoms with Crippen LogP contribution in [-0.2, 0) is 0 Å². The second-order valence-corrected chi connectivity index (χ2v) is 3.78. The second kappa shape index (κ2) is 5.18. The Labute approximate surface area is 108 Å². The molecule has 0 saturated heterocycles. The molecule has 96 valence electrons. The smallest absolute Gasteiger partial charge is 0.256 e. The first-order valence-electron chi connectivity index (χ1n) is 5.40. The van der Waals surface area contributed by atoms with Crippen molar-refractivity contribution in [3.8, 4) is 0 Å². The van der Waals surface area contributed by atoms with Gasteiger partial charge in [-0.2, -0.15) is 0 Å². The second-order valence-electron chi connectivity index (χ2n) is 3.78. The summed E-state index contributed by atoms with van der Waals surface area (Å²) in [7, 11) is 0. The number of carbonyl (C=O) groups is 2. The van der Waals surface area contributed by atoms with Gasteiger partial charge in [-0.1, -0.05) is 0 Å². The molecule has 0 aliphatic heterocycles. The van der Waals surface area contributed by atoms with Crippen LogP contribution in [0.25, 0.3) is 0 Å². The molecule has 0 saturated carbocycles. The van der Waals surface area contributed by atoms with E-state index in [0.29, 0.717) is 5.69 Å². The predicted molar refractivity (Wildman–Crippen MR) is 67.4 cm³/mol. The van der Waals surface area contributed by atoms with E-state index in [4.69, 9.17) is 5.73 Å². The summed E-state index contributed by atoms with van der Waals surface area (Å²) in [5.74, 6) is -2.00. The number of carboxylic acids is 1. The zero-order valence-corrected chi connectivity index (χ0v) is 9.79. The third-order valence-corrected chi connectivity index (χ3v) is 2.45. The average molecular weight is 256 g/mol. The number of nitrogens with zero attached hydrogens (tertiary/aromatic N) is 1. The van der Waals surface area contributed by atoms with Gasteiger partial charge >= 0.3 is 0 Å². The van der Waals surface area contributed by atoms with Crippen LogP contribution in [0.2, 0.25) is 0 Å². The number of rotatable bonds is 3. The third-order valence-electron chi connectivity index (χ3n) is 2.45. The number of amides is 1. The fourth-order valence-electron chi connectivity index (χ4n) is 1.56. The number of benzene rings is 1. The molecule has 2 aromatic rings. The lowest BCUT2D eigenvalue weighted by Crippen LogP contribution is -2.26. The van der Waals surface area contributed by atoms with Gasteiger partial charge in [0, 0.05) is 34.9 Å². The first-order chi connectivity index (χ1) is 9.08. The maximum Gasteiger partial charge on any atom is 0.256 e. The molecule has 0 aliphatic rings. The highest BCUT2D eigenvalue weighted by atomic mass is 16.4. The van der Waals surface area contributed by atoms with E-state index in [1.807, 2.05) is 0 Å². The number of nitrogen functional groups attached to an aromatic ring is 1. The van der Waals surface area contributed by atoms with Crippen LogP contribution in [0.3, 0.4) is 0 Å². The number of nitrogens with one attached hydrogen (secondary N) is 1. The van der Waals surface area contributed by atoms with Crippen LogP contribution in [0.5, 0.6) is 0 Å². The van der Waals surface area contributed by atoms with Crippen molar-refractivity contribution in [2.45, 2.75) is 0 Å². The Balaban J connectivity index is 2.31. The molecule has 0 spiro atoms. The lowest BCUT2D eigenvalue weighted by atomic mass is 10.1. The highest BCUT2D eigenvalue weighted by Crippen LogP contribution is 2.15.